The van der Waals surface area contributed by atoms with Gasteiger partial charge in [-0.15, -0.1) is 0 Å². The van der Waals surface area contributed by atoms with Gasteiger partial charge in [-0.3, -0.25) is 4.79 Å². The maximum absolute atomic E-state index is 12.1. The lowest BCUT2D eigenvalue weighted by molar-refractivity contribution is -0.116. The molecule has 0 aromatic heterocycles. The van der Waals surface area contributed by atoms with E-state index < -0.39 is 0 Å². The molecule has 1 aromatic carbocycles. The molecule has 0 aliphatic rings. The van der Waals surface area contributed by atoms with E-state index in [1.807, 2.05) is 25.1 Å². The van der Waals surface area contributed by atoms with Gasteiger partial charge in [-0.05, 0) is 61.4 Å². The Hall–Kier alpha value is -0.870. The fourth-order valence-electron chi connectivity index (χ4n) is 2.46. The van der Waals surface area contributed by atoms with Gasteiger partial charge in [0.05, 0.1) is 0 Å². The second-order valence-electron chi connectivity index (χ2n) is 6.69. The largest absolute Gasteiger partial charge is 0.330 e. The molecule has 1 rings (SSSR count). The lowest BCUT2D eigenvalue weighted by Gasteiger charge is -2.30. The van der Waals surface area contributed by atoms with Crippen LogP contribution in [-0.4, -0.2) is 12.5 Å². The molecule has 1 unspecified atom stereocenters. The highest BCUT2D eigenvalue weighted by molar-refractivity contribution is 9.10. The molecule has 21 heavy (non-hydrogen) atoms. The highest BCUT2D eigenvalue weighted by Gasteiger charge is 2.24. The number of rotatable bonds is 6. The van der Waals surface area contributed by atoms with E-state index in [9.17, 15) is 4.79 Å². The fourth-order valence-corrected chi connectivity index (χ4v) is 2.71. The summed E-state index contributed by atoms with van der Waals surface area (Å²) in [5.41, 5.74) is 7.84. The Balaban J connectivity index is 2.54. The summed E-state index contributed by atoms with van der Waals surface area (Å²) in [6.07, 6.45) is 2.38. The number of aryl methyl sites for hydroxylation is 1. The number of nitrogens with two attached hydrogens (primary N) is 1. The lowest BCUT2D eigenvalue weighted by atomic mass is 9.76. The van der Waals surface area contributed by atoms with E-state index in [1.165, 1.54) is 0 Å². The number of hydrogen-bond acceptors (Lipinski definition) is 2. The second-order valence-corrected chi connectivity index (χ2v) is 7.55. The number of halogens is 1. The Morgan fingerprint density at radius 1 is 1.33 bits per heavy atom. The summed E-state index contributed by atoms with van der Waals surface area (Å²) in [6, 6.07) is 5.84. The number of amides is 1. The molecule has 0 heterocycles. The first-order valence-electron chi connectivity index (χ1n) is 7.50. The molecule has 0 spiro atoms. The van der Waals surface area contributed by atoms with Crippen LogP contribution in [-0.2, 0) is 4.79 Å². The van der Waals surface area contributed by atoms with Gasteiger partial charge < -0.3 is 11.1 Å². The number of nitrogens with one attached hydrogen (secondary N) is 1. The summed E-state index contributed by atoms with van der Waals surface area (Å²) in [7, 11) is 0. The molecule has 3 N–H and O–H groups in total. The molecular formula is C17H27BrN2O. The van der Waals surface area contributed by atoms with Crippen molar-refractivity contribution in [2.24, 2.45) is 17.1 Å². The number of carbonyl (C=O) groups is 1. The van der Waals surface area contributed by atoms with E-state index in [1.54, 1.807) is 0 Å². The monoisotopic (exact) mass is 354 g/mol. The zero-order valence-corrected chi connectivity index (χ0v) is 15.1. The van der Waals surface area contributed by atoms with Gasteiger partial charge >= 0.3 is 0 Å². The highest BCUT2D eigenvalue weighted by Crippen LogP contribution is 2.32. The van der Waals surface area contributed by atoms with Gasteiger partial charge in [0.15, 0.2) is 0 Å². The number of hydrogen-bond donors (Lipinski definition) is 2. The van der Waals surface area contributed by atoms with Crippen molar-refractivity contribution in [2.45, 2.75) is 47.0 Å². The molecule has 4 heteroatoms. The van der Waals surface area contributed by atoms with Crippen LogP contribution < -0.4 is 11.1 Å². The molecule has 0 saturated carbocycles. The summed E-state index contributed by atoms with van der Waals surface area (Å²) < 4.78 is 1.05. The maximum atomic E-state index is 12.1. The standard InChI is InChI=1S/C17H27BrN2O/c1-12-11-14(6-7-15(12)18)20-16(21)8-5-13(9-10-19)17(2,3)4/h6-7,11,13H,5,8-10,19H2,1-4H3,(H,20,21). The van der Waals surface area contributed by atoms with Crippen LogP contribution in [0, 0.1) is 18.3 Å². The number of anilines is 1. The predicted molar refractivity (Wildman–Crippen MR) is 93.4 cm³/mol. The van der Waals surface area contributed by atoms with Crippen LogP contribution in [0.4, 0.5) is 5.69 Å². The average molecular weight is 355 g/mol. The van der Waals surface area contributed by atoms with Gasteiger partial charge in [-0.2, -0.15) is 0 Å². The molecule has 0 bridgehead atoms. The van der Waals surface area contributed by atoms with Crippen LogP contribution in [0.25, 0.3) is 0 Å². The van der Waals surface area contributed by atoms with E-state index in [0.717, 1.165) is 28.6 Å². The molecular weight excluding hydrogens is 328 g/mol. The normalized spacial score (nSPS) is 13.0. The molecule has 1 aromatic rings. The van der Waals surface area contributed by atoms with Crippen LogP contribution in [0.2, 0.25) is 0 Å². The lowest BCUT2D eigenvalue weighted by Crippen LogP contribution is -2.25. The molecule has 118 valence electrons. The molecule has 3 nitrogen and oxygen atoms in total. The minimum Gasteiger partial charge on any atom is -0.330 e. The SMILES string of the molecule is Cc1cc(NC(=O)CCC(CCN)C(C)(C)C)ccc1Br. The number of benzene rings is 1. The molecule has 1 amide bonds. The Kier molecular flexibility index (Phi) is 6.88. The van der Waals surface area contributed by atoms with E-state index in [4.69, 9.17) is 5.73 Å². The van der Waals surface area contributed by atoms with Crippen LogP contribution in [0.15, 0.2) is 22.7 Å². The molecule has 1 atom stereocenters. The van der Waals surface area contributed by atoms with Crippen LogP contribution in [0.5, 0.6) is 0 Å². The van der Waals surface area contributed by atoms with Gasteiger partial charge in [0, 0.05) is 16.6 Å². The van der Waals surface area contributed by atoms with Crippen molar-refractivity contribution in [1.29, 1.82) is 0 Å². The summed E-state index contributed by atoms with van der Waals surface area (Å²) in [5.74, 6) is 0.544. The third kappa shape index (κ3) is 6.18. The minimum atomic E-state index is 0.0722. The Morgan fingerprint density at radius 3 is 2.52 bits per heavy atom. The van der Waals surface area contributed by atoms with Crippen molar-refractivity contribution in [3.8, 4) is 0 Å². The van der Waals surface area contributed by atoms with Crippen molar-refractivity contribution in [3.63, 3.8) is 0 Å². The van der Waals surface area contributed by atoms with Gasteiger partial charge in [-0.1, -0.05) is 36.7 Å². The quantitative estimate of drug-likeness (QED) is 0.790. The first-order chi connectivity index (χ1) is 9.74. The van der Waals surface area contributed by atoms with Gasteiger partial charge in [0.1, 0.15) is 0 Å². The summed E-state index contributed by atoms with van der Waals surface area (Å²) >= 11 is 3.46. The van der Waals surface area contributed by atoms with Crippen molar-refractivity contribution in [2.75, 3.05) is 11.9 Å². The summed E-state index contributed by atoms with van der Waals surface area (Å²) in [4.78, 5) is 12.1. The Labute approximate surface area is 136 Å². The zero-order valence-electron chi connectivity index (χ0n) is 13.5. The predicted octanol–water partition coefficient (Wildman–Crippen LogP) is 4.49. The summed E-state index contributed by atoms with van der Waals surface area (Å²) in [6.45, 7) is 9.32. The van der Waals surface area contributed by atoms with Crippen LogP contribution in [0.3, 0.4) is 0 Å². The minimum absolute atomic E-state index is 0.0722. The average Bonchev–Trinajstić information content (AvgIpc) is 2.37. The third-order valence-electron chi connectivity index (χ3n) is 3.90. The second kappa shape index (κ2) is 7.95. The molecule has 0 aliphatic carbocycles. The van der Waals surface area contributed by atoms with Crippen LogP contribution in [0.1, 0.15) is 45.6 Å². The Bertz CT molecular complexity index is 480. The van der Waals surface area contributed by atoms with Gasteiger partial charge in [-0.25, -0.2) is 0 Å². The van der Waals surface area contributed by atoms with Gasteiger partial charge in [0.2, 0.25) is 5.91 Å². The molecule has 0 aliphatic heterocycles. The maximum Gasteiger partial charge on any atom is 0.224 e. The van der Waals surface area contributed by atoms with E-state index in [2.05, 4.69) is 42.0 Å². The number of carbonyl (C=O) groups excluding carboxylic acids is 1. The van der Waals surface area contributed by atoms with Crippen molar-refractivity contribution in [3.05, 3.63) is 28.2 Å². The first-order valence-corrected chi connectivity index (χ1v) is 8.29. The fraction of sp³-hybridized carbons (Fsp3) is 0.588. The topological polar surface area (TPSA) is 55.1 Å². The highest BCUT2D eigenvalue weighted by atomic mass is 79.9. The zero-order chi connectivity index (χ0) is 16.0. The molecule has 0 saturated heterocycles. The van der Waals surface area contributed by atoms with E-state index in [0.29, 0.717) is 18.9 Å². The van der Waals surface area contributed by atoms with Crippen LogP contribution >= 0.6 is 15.9 Å². The molecule has 0 fully saturated rings. The van der Waals surface area contributed by atoms with Crippen molar-refractivity contribution >= 4 is 27.5 Å². The third-order valence-corrected chi connectivity index (χ3v) is 4.79. The van der Waals surface area contributed by atoms with E-state index >= 15 is 0 Å². The smallest absolute Gasteiger partial charge is 0.224 e. The summed E-state index contributed by atoms with van der Waals surface area (Å²) in [5, 5.41) is 2.97. The van der Waals surface area contributed by atoms with E-state index in [-0.39, 0.29) is 11.3 Å². The van der Waals surface area contributed by atoms with Crippen molar-refractivity contribution in [1.82, 2.24) is 0 Å². The first kappa shape index (κ1) is 18.2. The Morgan fingerprint density at radius 2 is 2.00 bits per heavy atom. The van der Waals surface area contributed by atoms with Crippen molar-refractivity contribution < 1.29 is 4.79 Å². The van der Waals surface area contributed by atoms with Gasteiger partial charge in [0.25, 0.3) is 0 Å². The molecule has 0 radical (unpaired) electrons.